The Labute approximate surface area is 153 Å². The molecule has 3 nitrogen and oxygen atoms in total. The smallest absolute Gasteiger partial charge is 0.275 e. The van der Waals surface area contributed by atoms with Gasteiger partial charge in [0.25, 0.3) is 5.91 Å². The van der Waals surface area contributed by atoms with Crippen LogP contribution in [0, 0.1) is 5.82 Å². The number of amides is 1. The van der Waals surface area contributed by atoms with Gasteiger partial charge in [-0.05, 0) is 60.8 Å². The molecular weight excluding hydrogens is 370 g/mol. The summed E-state index contributed by atoms with van der Waals surface area (Å²) in [6, 6.07) is 7.09. The predicted molar refractivity (Wildman–Crippen MR) is 93.5 cm³/mol. The molecule has 24 heavy (non-hydrogen) atoms. The van der Waals surface area contributed by atoms with Gasteiger partial charge in [-0.1, -0.05) is 35.3 Å². The lowest BCUT2D eigenvalue weighted by Gasteiger charge is -2.39. The van der Waals surface area contributed by atoms with E-state index in [1.165, 1.54) is 12.1 Å². The Balaban J connectivity index is 1.56. The number of rotatable bonds is 2. The van der Waals surface area contributed by atoms with Gasteiger partial charge in [0.2, 0.25) is 0 Å². The fourth-order valence-corrected chi connectivity index (χ4v) is 5.02. The number of nitrogens with zero attached hydrogens (tertiary/aromatic N) is 2. The van der Waals surface area contributed by atoms with Gasteiger partial charge in [0, 0.05) is 12.1 Å². The van der Waals surface area contributed by atoms with Crippen LogP contribution in [0.3, 0.4) is 0 Å². The Morgan fingerprint density at radius 2 is 1.79 bits per heavy atom. The number of hydrogen-bond donors (Lipinski definition) is 0. The fourth-order valence-electron chi connectivity index (χ4n) is 4.03. The second kappa shape index (κ2) is 6.28. The van der Waals surface area contributed by atoms with Crippen molar-refractivity contribution in [2.24, 2.45) is 0 Å². The lowest BCUT2D eigenvalue weighted by atomic mass is 9.85. The number of halogens is 3. The molecule has 4 rings (SSSR count). The summed E-state index contributed by atoms with van der Waals surface area (Å²) >= 11 is 13.1. The molecule has 2 aliphatic heterocycles. The predicted octanol–water partition coefficient (Wildman–Crippen LogP) is 5.14. The SMILES string of the molecule is O=C(c1nsc(Cl)c1Cl)N1[C@@H]2CC[C@@H]1CC(c1ccc(F)cc1)C2. The van der Waals surface area contributed by atoms with Crippen LogP contribution in [0.25, 0.3) is 0 Å². The Morgan fingerprint density at radius 1 is 1.17 bits per heavy atom. The molecule has 2 atom stereocenters. The summed E-state index contributed by atoms with van der Waals surface area (Å²) in [5, 5.41) is 0.256. The molecule has 1 aromatic carbocycles. The van der Waals surface area contributed by atoms with E-state index in [0.29, 0.717) is 10.3 Å². The monoisotopic (exact) mass is 384 g/mol. The average molecular weight is 385 g/mol. The molecule has 0 spiro atoms. The van der Waals surface area contributed by atoms with Crippen molar-refractivity contribution in [3.63, 3.8) is 0 Å². The molecule has 0 saturated carbocycles. The van der Waals surface area contributed by atoms with Gasteiger partial charge in [-0.2, -0.15) is 4.37 Å². The highest BCUT2D eigenvalue weighted by molar-refractivity contribution is 7.11. The van der Waals surface area contributed by atoms with Crippen LogP contribution in [0.1, 0.15) is 47.7 Å². The molecule has 7 heteroatoms. The summed E-state index contributed by atoms with van der Waals surface area (Å²) in [7, 11) is 0. The molecule has 1 aromatic heterocycles. The maximum Gasteiger partial charge on any atom is 0.275 e. The third-order valence-corrected chi connectivity index (χ3v) is 6.72. The van der Waals surface area contributed by atoms with E-state index in [1.807, 2.05) is 17.0 Å². The van der Waals surface area contributed by atoms with E-state index in [-0.39, 0.29) is 34.5 Å². The number of piperidine rings is 1. The molecule has 0 N–H and O–H groups in total. The van der Waals surface area contributed by atoms with Crippen molar-refractivity contribution in [3.05, 3.63) is 50.7 Å². The minimum atomic E-state index is -0.218. The zero-order chi connectivity index (χ0) is 16.8. The van der Waals surface area contributed by atoms with Crippen LogP contribution < -0.4 is 0 Å². The largest absolute Gasteiger partial charge is 0.331 e. The zero-order valence-corrected chi connectivity index (χ0v) is 15.0. The molecule has 2 aromatic rings. The van der Waals surface area contributed by atoms with Crippen LogP contribution in [0.15, 0.2) is 24.3 Å². The molecular formula is C17H15Cl2FN2OS. The van der Waals surface area contributed by atoms with Gasteiger partial charge < -0.3 is 4.90 Å². The van der Waals surface area contributed by atoms with Crippen molar-refractivity contribution in [1.82, 2.24) is 9.27 Å². The first-order chi connectivity index (χ1) is 11.5. The van der Waals surface area contributed by atoms with Gasteiger partial charge >= 0.3 is 0 Å². The zero-order valence-electron chi connectivity index (χ0n) is 12.7. The maximum absolute atomic E-state index is 13.1. The van der Waals surface area contributed by atoms with Gasteiger partial charge in [-0.25, -0.2) is 4.39 Å². The highest BCUT2D eigenvalue weighted by atomic mass is 35.5. The summed E-state index contributed by atoms with van der Waals surface area (Å²) in [4.78, 5) is 14.8. The van der Waals surface area contributed by atoms with Gasteiger partial charge in [0.15, 0.2) is 5.69 Å². The quantitative estimate of drug-likeness (QED) is 0.717. The standard InChI is InChI=1S/C17H15Cl2FN2OS/c18-14-15(21-24-16(14)19)17(23)22-12-5-6-13(22)8-10(7-12)9-1-3-11(20)4-2-9/h1-4,10,12-13H,5-8H2/t12-,13-/m1/s1. The topological polar surface area (TPSA) is 33.2 Å². The fraction of sp³-hybridized carbons (Fsp3) is 0.412. The van der Waals surface area contributed by atoms with Crippen molar-refractivity contribution in [2.75, 3.05) is 0 Å². The van der Waals surface area contributed by atoms with Gasteiger partial charge in [0.05, 0.1) is 0 Å². The van der Waals surface area contributed by atoms with Gasteiger partial charge in [0.1, 0.15) is 15.2 Å². The molecule has 0 radical (unpaired) electrons. The lowest BCUT2D eigenvalue weighted by Crippen LogP contribution is -2.46. The first-order valence-electron chi connectivity index (χ1n) is 7.93. The van der Waals surface area contributed by atoms with E-state index in [9.17, 15) is 9.18 Å². The van der Waals surface area contributed by atoms with E-state index in [0.717, 1.165) is 42.8 Å². The summed E-state index contributed by atoms with van der Waals surface area (Å²) < 4.78 is 17.6. The number of benzene rings is 1. The highest BCUT2D eigenvalue weighted by Gasteiger charge is 2.44. The average Bonchev–Trinajstić information content (AvgIpc) is 3.04. The molecule has 0 aliphatic carbocycles. The van der Waals surface area contributed by atoms with E-state index in [4.69, 9.17) is 23.2 Å². The molecule has 2 bridgehead atoms. The maximum atomic E-state index is 13.1. The van der Waals surface area contributed by atoms with Crippen LogP contribution in [0.5, 0.6) is 0 Å². The van der Waals surface area contributed by atoms with Crippen molar-refractivity contribution in [2.45, 2.75) is 43.7 Å². The minimum Gasteiger partial charge on any atom is -0.331 e. The molecule has 2 fully saturated rings. The van der Waals surface area contributed by atoms with Crippen LogP contribution in [-0.2, 0) is 0 Å². The summed E-state index contributed by atoms with van der Waals surface area (Å²) in [6.07, 6.45) is 3.76. The van der Waals surface area contributed by atoms with Crippen molar-refractivity contribution in [1.29, 1.82) is 0 Å². The molecule has 3 heterocycles. The first kappa shape index (κ1) is 16.3. The highest BCUT2D eigenvalue weighted by Crippen LogP contribution is 2.44. The number of fused-ring (bicyclic) bond motifs is 2. The molecule has 0 unspecified atom stereocenters. The lowest BCUT2D eigenvalue weighted by molar-refractivity contribution is 0.0567. The second-order valence-electron chi connectivity index (χ2n) is 6.44. The van der Waals surface area contributed by atoms with E-state index in [2.05, 4.69) is 4.37 Å². The van der Waals surface area contributed by atoms with Crippen molar-refractivity contribution >= 4 is 40.6 Å². The molecule has 126 valence electrons. The number of hydrogen-bond acceptors (Lipinski definition) is 3. The first-order valence-corrected chi connectivity index (χ1v) is 9.46. The van der Waals surface area contributed by atoms with Crippen LogP contribution in [0.2, 0.25) is 9.36 Å². The Morgan fingerprint density at radius 3 is 2.33 bits per heavy atom. The Kier molecular flexibility index (Phi) is 4.27. The summed E-state index contributed by atoms with van der Waals surface area (Å²) in [5.74, 6) is 0.0271. The summed E-state index contributed by atoms with van der Waals surface area (Å²) in [6.45, 7) is 0. The second-order valence-corrected chi connectivity index (χ2v) is 8.19. The van der Waals surface area contributed by atoms with E-state index < -0.39 is 0 Å². The molecule has 2 aliphatic rings. The van der Waals surface area contributed by atoms with Gasteiger partial charge in [-0.3, -0.25) is 4.79 Å². The Bertz CT molecular complexity index is 765. The van der Waals surface area contributed by atoms with Crippen LogP contribution in [0.4, 0.5) is 4.39 Å². The van der Waals surface area contributed by atoms with Crippen molar-refractivity contribution in [3.8, 4) is 0 Å². The third-order valence-electron chi connectivity index (χ3n) is 5.11. The van der Waals surface area contributed by atoms with E-state index >= 15 is 0 Å². The van der Waals surface area contributed by atoms with Gasteiger partial charge in [-0.15, -0.1) is 0 Å². The summed E-state index contributed by atoms with van der Waals surface area (Å²) in [5.41, 5.74) is 1.42. The molecule has 1 amide bonds. The number of aromatic nitrogens is 1. The van der Waals surface area contributed by atoms with Crippen molar-refractivity contribution < 1.29 is 9.18 Å². The minimum absolute atomic E-state index is 0.117. The molecule has 2 saturated heterocycles. The number of carbonyl (C=O) groups excluding carboxylic acids is 1. The normalized spacial score (nSPS) is 26.0. The Hall–Kier alpha value is -1.17. The van der Waals surface area contributed by atoms with Crippen LogP contribution in [-0.4, -0.2) is 27.3 Å². The van der Waals surface area contributed by atoms with Crippen LogP contribution >= 0.6 is 34.7 Å². The third kappa shape index (κ3) is 2.72. The number of carbonyl (C=O) groups is 1. The van der Waals surface area contributed by atoms with E-state index in [1.54, 1.807) is 0 Å².